The third-order valence-corrected chi connectivity index (χ3v) is 3.74. The van der Waals surface area contributed by atoms with E-state index in [1.807, 2.05) is 13.1 Å². The molecule has 1 aromatic rings. The van der Waals surface area contributed by atoms with Crippen LogP contribution >= 0.6 is 0 Å². The van der Waals surface area contributed by atoms with Crippen LogP contribution in [0.5, 0.6) is 0 Å². The number of Topliss-reactive ketones (excluding diaryl/α,β-unsaturated/α-hetero) is 1. The fourth-order valence-electron chi connectivity index (χ4n) is 2.59. The smallest absolute Gasteiger partial charge is 0.273 e. The van der Waals surface area contributed by atoms with E-state index in [0.717, 1.165) is 18.4 Å². The summed E-state index contributed by atoms with van der Waals surface area (Å²) in [7, 11) is 1.97. The highest BCUT2D eigenvalue weighted by Gasteiger charge is 2.23. The number of para-hydroxylation sites is 1. The zero-order valence-corrected chi connectivity index (χ0v) is 11.0. The minimum Gasteiger partial charge on any atom is -0.300 e. The number of nitro groups is 1. The van der Waals surface area contributed by atoms with Crippen LogP contribution in [0.1, 0.15) is 31.2 Å². The van der Waals surface area contributed by atoms with Crippen molar-refractivity contribution in [3.63, 3.8) is 0 Å². The maximum absolute atomic E-state index is 11.2. The van der Waals surface area contributed by atoms with Crippen LogP contribution in [0.25, 0.3) is 0 Å². The molecule has 0 heterocycles. The first-order valence-corrected chi connectivity index (χ1v) is 6.52. The van der Waals surface area contributed by atoms with E-state index in [-0.39, 0.29) is 10.6 Å². The Balaban J connectivity index is 2.04. The van der Waals surface area contributed by atoms with Crippen molar-refractivity contribution in [1.82, 2.24) is 4.90 Å². The van der Waals surface area contributed by atoms with Gasteiger partial charge in [-0.05, 0) is 19.9 Å². The Labute approximate surface area is 112 Å². The van der Waals surface area contributed by atoms with E-state index in [0.29, 0.717) is 31.2 Å². The van der Waals surface area contributed by atoms with E-state index in [4.69, 9.17) is 0 Å². The zero-order chi connectivity index (χ0) is 13.8. The number of ketones is 1. The van der Waals surface area contributed by atoms with Crippen LogP contribution in [0.15, 0.2) is 24.3 Å². The maximum atomic E-state index is 11.2. The van der Waals surface area contributed by atoms with Crippen molar-refractivity contribution in [1.29, 1.82) is 0 Å². The summed E-state index contributed by atoms with van der Waals surface area (Å²) in [4.78, 5) is 24.0. The highest BCUT2D eigenvalue weighted by Crippen LogP contribution is 2.24. The first kappa shape index (κ1) is 13.7. The predicted molar refractivity (Wildman–Crippen MR) is 71.8 cm³/mol. The molecule has 1 fully saturated rings. The highest BCUT2D eigenvalue weighted by molar-refractivity contribution is 5.79. The minimum atomic E-state index is -0.340. The van der Waals surface area contributed by atoms with Crippen molar-refractivity contribution in [3.05, 3.63) is 39.9 Å². The molecule has 0 spiro atoms. The van der Waals surface area contributed by atoms with E-state index in [1.54, 1.807) is 12.1 Å². The molecule has 2 rings (SSSR count). The first-order chi connectivity index (χ1) is 9.08. The summed E-state index contributed by atoms with van der Waals surface area (Å²) in [5.74, 6) is 0.329. The SMILES string of the molecule is CN(Cc1ccccc1[N+](=O)[O-])C1CCC(=O)CC1. The molecule has 0 aliphatic heterocycles. The second kappa shape index (κ2) is 5.93. The third-order valence-electron chi connectivity index (χ3n) is 3.74. The number of hydrogen-bond donors (Lipinski definition) is 0. The lowest BCUT2D eigenvalue weighted by molar-refractivity contribution is -0.385. The van der Waals surface area contributed by atoms with Crippen LogP contribution < -0.4 is 0 Å². The molecule has 1 saturated carbocycles. The molecule has 5 heteroatoms. The molecule has 0 amide bonds. The Morgan fingerprint density at radius 1 is 1.32 bits per heavy atom. The lowest BCUT2D eigenvalue weighted by Crippen LogP contribution is -2.34. The summed E-state index contributed by atoms with van der Waals surface area (Å²) >= 11 is 0. The van der Waals surface area contributed by atoms with Crippen LogP contribution in [0.3, 0.4) is 0 Å². The average Bonchev–Trinajstić information content (AvgIpc) is 2.39. The van der Waals surface area contributed by atoms with Gasteiger partial charge in [0.25, 0.3) is 5.69 Å². The number of rotatable bonds is 4. The summed E-state index contributed by atoms with van der Waals surface area (Å²) in [5.41, 5.74) is 0.896. The summed E-state index contributed by atoms with van der Waals surface area (Å²) < 4.78 is 0. The van der Waals surface area contributed by atoms with Crippen molar-refractivity contribution in [2.24, 2.45) is 0 Å². The fraction of sp³-hybridized carbons (Fsp3) is 0.500. The molecule has 1 aliphatic rings. The number of carbonyl (C=O) groups excluding carboxylic acids is 1. The molecular weight excluding hydrogens is 244 g/mol. The van der Waals surface area contributed by atoms with Gasteiger partial charge in [-0.15, -0.1) is 0 Å². The summed E-state index contributed by atoms with van der Waals surface area (Å²) in [6.07, 6.45) is 2.98. The maximum Gasteiger partial charge on any atom is 0.273 e. The monoisotopic (exact) mass is 262 g/mol. The molecular formula is C14H18N2O3. The van der Waals surface area contributed by atoms with Gasteiger partial charge in [0.2, 0.25) is 0 Å². The zero-order valence-electron chi connectivity index (χ0n) is 11.0. The van der Waals surface area contributed by atoms with Crippen LogP contribution in [0.2, 0.25) is 0 Å². The van der Waals surface area contributed by atoms with Crippen LogP contribution in [0.4, 0.5) is 5.69 Å². The summed E-state index contributed by atoms with van der Waals surface area (Å²) in [6, 6.07) is 7.18. The lowest BCUT2D eigenvalue weighted by atomic mass is 9.93. The number of nitrogens with zero attached hydrogens (tertiary/aromatic N) is 2. The van der Waals surface area contributed by atoms with Gasteiger partial charge in [-0.1, -0.05) is 18.2 Å². The quantitative estimate of drug-likeness (QED) is 0.618. The van der Waals surface area contributed by atoms with Gasteiger partial charge in [-0.2, -0.15) is 0 Å². The molecule has 0 saturated heterocycles. The minimum absolute atomic E-state index is 0.168. The Morgan fingerprint density at radius 2 is 1.95 bits per heavy atom. The van der Waals surface area contributed by atoms with Crippen molar-refractivity contribution in [2.45, 2.75) is 38.3 Å². The van der Waals surface area contributed by atoms with Crippen LogP contribution in [0, 0.1) is 10.1 Å². The molecule has 102 valence electrons. The van der Waals surface area contributed by atoms with E-state index < -0.39 is 0 Å². The number of benzene rings is 1. The van der Waals surface area contributed by atoms with Crippen molar-refractivity contribution in [2.75, 3.05) is 7.05 Å². The topological polar surface area (TPSA) is 63.4 Å². The molecule has 0 bridgehead atoms. The Morgan fingerprint density at radius 3 is 2.58 bits per heavy atom. The largest absolute Gasteiger partial charge is 0.300 e. The predicted octanol–water partition coefficient (Wildman–Crippen LogP) is 2.54. The molecule has 0 aromatic heterocycles. The van der Waals surface area contributed by atoms with E-state index in [2.05, 4.69) is 4.90 Å². The van der Waals surface area contributed by atoms with Gasteiger partial charge in [0, 0.05) is 37.1 Å². The summed E-state index contributed by atoms with van der Waals surface area (Å²) in [5, 5.41) is 11.0. The molecule has 1 aromatic carbocycles. The molecule has 5 nitrogen and oxygen atoms in total. The van der Waals surface area contributed by atoms with Crippen LogP contribution in [-0.4, -0.2) is 28.7 Å². The van der Waals surface area contributed by atoms with Gasteiger partial charge >= 0.3 is 0 Å². The lowest BCUT2D eigenvalue weighted by Gasteiger charge is -2.30. The Bertz CT molecular complexity index is 477. The second-order valence-corrected chi connectivity index (χ2v) is 5.07. The third kappa shape index (κ3) is 3.38. The number of hydrogen-bond acceptors (Lipinski definition) is 4. The van der Waals surface area contributed by atoms with Gasteiger partial charge in [-0.25, -0.2) is 0 Å². The fourth-order valence-corrected chi connectivity index (χ4v) is 2.59. The van der Waals surface area contributed by atoms with E-state index in [1.165, 1.54) is 6.07 Å². The summed E-state index contributed by atoms with van der Waals surface area (Å²) in [6.45, 7) is 0.552. The number of carbonyl (C=O) groups is 1. The molecule has 19 heavy (non-hydrogen) atoms. The number of nitro benzene ring substituents is 1. The van der Waals surface area contributed by atoms with Crippen LogP contribution in [-0.2, 0) is 11.3 Å². The van der Waals surface area contributed by atoms with Gasteiger partial charge in [0.1, 0.15) is 5.78 Å². The normalized spacial score (nSPS) is 16.8. The van der Waals surface area contributed by atoms with Crippen molar-refractivity contribution in [3.8, 4) is 0 Å². The van der Waals surface area contributed by atoms with Crippen molar-refractivity contribution < 1.29 is 9.72 Å². The molecule has 0 unspecified atom stereocenters. The van der Waals surface area contributed by atoms with E-state index in [9.17, 15) is 14.9 Å². The standard InChI is InChI=1S/C14H18N2O3/c1-15(12-6-8-13(17)9-7-12)10-11-4-2-3-5-14(11)16(18)19/h2-5,12H,6-10H2,1H3. The Hall–Kier alpha value is -1.75. The van der Waals surface area contributed by atoms with Gasteiger partial charge in [0.05, 0.1) is 4.92 Å². The first-order valence-electron chi connectivity index (χ1n) is 6.52. The van der Waals surface area contributed by atoms with E-state index >= 15 is 0 Å². The van der Waals surface area contributed by atoms with Gasteiger partial charge in [-0.3, -0.25) is 19.8 Å². The van der Waals surface area contributed by atoms with Gasteiger partial charge < -0.3 is 0 Å². The van der Waals surface area contributed by atoms with Crippen molar-refractivity contribution >= 4 is 11.5 Å². The average molecular weight is 262 g/mol. The van der Waals surface area contributed by atoms with Gasteiger partial charge in [0.15, 0.2) is 0 Å². The molecule has 0 atom stereocenters. The highest BCUT2D eigenvalue weighted by atomic mass is 16.6. The molecule has 0 radical (unpaired) electrons. The Kier molecular flexibility index (Phi) is 4.27. The molecule has 0 N–H and O–H groups in total. The second-order valence-electron chi connectivity index (χ2n) is 5.07. The molecule has 1 aliphatic carbocycles.